The second kappa shape index (κ2) is 5.12. The summed E-state index contributed by atoms with van der Waals surface area (Å²) in [6.07, 6.45) is 9.00. The molecule has 0 amide bonds. The van der Waals surface area contributed by atoms with Crippen molar-refractivity contribution in [3.05, 3.63) is 48.1 Å². The van der Waals surface area contributed by atoms with Gasteiger partial charge in [0.1, 0.15) is 5.69 Å². The van der Waals surface area contributed by atoms with E-state index in [0.29, 0.717) is 11.5 Å². The number of nitrogen functional groups attached to an aromatic ring is 1. The van der Waals surface area contributed by atoms with Crippen LogP contribution in [0.15, 0.2) is 36.6 Å². The number of nitrogens with zero attached hydrogens (tertiary/aromatic N) is 2. The quantitative estimate of drug-likeness (QED) is 0.830. The highest BCUT2D eigenvalue weighted by Crippen LogP contribution is 2.38. The van der Waals surface area contributed by atoms with E-state index in [0.717, 1.165) is 11.8 Å². The molecule has 0 aliphatic heterocycles. The summed E-state index contributed by atoms with van der Waals surface area (Å²) < 4.78 is 13.7. The van der Waals surface area contributed by atoms with Gasteiger partial charge >= 0.3 is 0 Å². The molecule has 0 unspecified atom stereocenters. The van der Waals surface area contributed by atoms with Crippen molar-refractivity contribution >= 4 is 11.5 Å². The van der Waals surface area contributed by atoms with Crippen LogP contribution in [0.5, 0.6) is 0 Å². The van der Waals surface area contributed by atoms with E-state index in [4.69, 9.17) is 5.73 Å². The van der Waals surface area contributed by atoms with Crippen molar-refractivity contribution in [2.24, 2.45) is 5.92 Å². The average Bonchev–Trinajstić information content (AvgIpc) is 3.19. The maximum Gasteiger partial charge on any atom is 0.220 e. The zero-order valence-corrected chi connectivity index (χ0v) is 10.4. The van der Waals surface area contributed by atoms with Gasteiger partial charge in [0.15, 0.2) is 5.82 Å². The second-order valence-electron chi connectivity index (χ2n) is 4.29. The highest BCUT2D eigenvalue weighted by atomic mass is 19.1. The van der Waals surface area contributed by atoms with Crippen LogP contribution in [-0.2, 0) is 0 Å². The first kappa shape index (κ1) is 12.5. The Morgan fingerprint density at radius 1 is 1.61 bits per heavy atom. The molecule has 2 rings (SSSR count). The van der Waals surface area contributed by atoms with Crippen LogP contribution in [-0.4, -0.2) is 9.97 Å². The topological polar surface area (TPSA) is 51.8 Å². The van der Waals surface area contributed by atoms with Crippen molar-refractivity contribution in [1.29, 1.82) is 0 Å². The Morgan fingerprint density at radius 2 is 2.33 bits per heavy atom. The summed E-state index contributed by atoms with van der Waals surface area (Å²) in [6, 6.07) is 0. The summed E-state index contributed by atoms with van der Waals surface area (Å²) in [7, 11) is 0. The summed E-state index contributed by atoms with van der Waals surface area (Å²) in [5.41, 5.74) is 7.58. The van der Waals surface area contributed by atoms with E-state index in [1.807, 2.05) is 25.2 Å². The van der Waals surface area contributed by atoms with Gasteiger partial charge in [-0.2, -0.15) is 0 Å². The molecule has 2 N–H and O–H groups in total. The van der Waals surface area contributed by atoms with Crippen LogP contribution in [0.2, 0.25) is 0 Å². The lowest BCUT2D eigenvalue weighted by Gasteiger charge is -2.06. The van der Waals surface area contributed by atoms with E-state index >= 15 is 0 Å². The molecule has 0 spiro atoms. The van der Waals surface area contributed by atoms with Gasteiger partial charge in [0.05, 0.1) is 6.20 Å². The van der Waals surface area contributed by atoms with Crippen molar-refractivity contribution in [2.45, 2.75) is 19.8 Å². The molecule has 1 aliphatic carbocycles. The van der Waals surface area contributed by atoms with Crippen molar-refractivity contribution < 1.29 is 5.82 Å². The van der Waals surface area contributed by atoms with Crippen LogP contribution in [0.1, 0.15) is 26.9 Å². The largest absolute Gasteiger partial charge is 0.368 e. The fourth-order valence-corrected chi connectivity index (χ4v) is 1.81. The lowest BCUT2D eigenvalue weighted by molar-refractivity contribution is 0.610. The van der Waals surface area contributed by atoms with E-state index in [1.54, 1.807) is 0 Å². The Hall–Kier alpha value is -1.97. The monoisotopic (exact) mass is 247 g/mol. The van der Waals surface area contributed by atoms with Crippen LogP contribution in [0.25, 0.3) is 5.57 Å². The fraction of sp³-hybridized carbons (Fsp3) is 0.286. The Bertz CT molecular complexity index is 533. The SMILES string of the molecule is C=C/C(=C\C(=C/C)c1nc(N)ncc1F)C1CC1.[HH]. The van der Waals surface area contributed by atoms with Gasteiger partial charge in [-0.05, 0) is 42.9 Å². The van der Waals surface area contributed by atoms with Gasteiger partial charge in [-0.15, -0.1) is 0 Å². The molecular weight excluding hydrogens is 229 g/mol. The molecule has 1 aliphatic rings. The van der Waals surface area contributed by atoms with Gasteiger partial charge in [-0.25, -0.2) is 14.4 Å². The number of anilines is 1. The highest BCUT2D eigenvalue weighted by molar-refractivity contribution is 5.73. The smallest absolute Gasteiger partial charge is 0.220 e. The molecule has 96 valence electrons. The summed E-state index contributed by atoms with van der Waals surface area (Å²) in [4.78, 5) is 7.58. The maximum atomic E-state index is 13.7. The minimum atomic E-state index is -0.465. The summed E-state index contributed by atoms with van der Waals surface area (Å²) >= 11 is 0. The lowest BCUT2D eigenvalue weighted by atomic mass is 10.0. The van der Waals surface area contributed by atoms with Crippen LogP contribution < -0.4 is 5.73 Å². The van der Waals surface area contributed by atoms with Gasteiger partial charge in [0.25, 0.3) is 0 Å². The zero-order valence-electron chi connectivity index (χ0n) is 10.4. The number of hydrogen-bond acceptors (Lipinski definition) is 3. The third-order valence-corrected chi connectivity index (χ3v) is 2.95. The third-order valence-electron chi connectivity index (χ3n) is 2.95. The first-order chi connectivity index (χ1) is 8.65. The zero-order chi connectivity index (χ0) is 13.1. The van der Waals surface area contributed by atoms with Crippen LogP contribution in [0, 0.1) is 11.7 Å². The number of halogens is 1. The molecule has 0 atom stereocenters. The molecule has 18 heavy (non-hydrogen) atoms. The normalized spacial score (nSPS) is 16.8. The molecule has 3 nitrogen and oxygen atoms in total. The number of hydrogen-bond donors (Lipinski definition) is 1. The van der Waals surface area contributed by atoms with E-state index in [9.17, 15) is 4.39 Å². The van der Waals surface area contributed by atoms with E-state index < -0.39 is 5.82 Å². The molecule has 0 saturated heterocycles. The molecule has 1 fully saturated rings. The van der Waals surface area contributed by atoms with E-state index in [-0.39, 0.29) is 13.1 Å². The standard InChI is InChI=1S/C14H16FN3.H2/c1-3-9(11-5-6-11)7-10(4-2)13-12(15)8-17-14(16)18-13;/h3-4,7-8,11H,1,5-6H2,2H3,(H2,16,17,18);1H/b9-7+,10-4+;. The molecule has 0 bridgehead atoms. The number of allylic oxidation sites excluding steroid dienone is 5. The van der Waals surface area contributed by atoms with Gasteiger partial charge in [0.2, 0.25) is 5.95 Å². The van der Waals surface area contributed by atoms with Crippen LogP contribution >= 0.6 is 0 Å². The van der Waals surface area contributed by atoms with E-state index in [2.05, 4.69) is 16.5 Å². The van der Waals surface area contributed by atoms with Gasteiger partial charge in [-0.1, -0.05) is 18.7 Å². The second-order valence-corrected chi connectivity index (χ2v) is 4.29. The van der Waals surface area contributed by atoms with Crippen LogP contribution in [0.4, 0.5) is 10.3 Å². The summed E-state index contributed by atoms with van der Waals surface area (Å²) in [6.45, 7) is 5.64. The van der Waals surface area contributed by atoms with Crippen molar-refractivity contribution in [1.82, 2.24) is 9.97 Å². The van der Waals surface area contributed by atoms with Gasteiger partial charge in [0, 0.05) is 1.43 Å². The predicted molar refractivity (Wildman–Crippen MR) is 73.2 cm³/mol. The number of rotatable bonds is 4. The van der Waals surface area contributed by atoms with E-state index in [1.165, 1.54) is 12.8 Å². The van der Waals surface area contributed by atoms with Crippen molar-refractivity contribution in [3.8, 4) is 0 Å². The number of nitrogens with two attached hydrogens (primary N) is 1. The molecule has 1 saturated carbocycles. The third kappa shape index (κ3) is 2.64. The number of aromatic nitrogens is 2. The Morgan fingerprint density at radius 3 is 2.89 bits per heavy atom. The first-order valence-corrected chi connectivity index (χ1v) is 5.94. The molecule has 1 heterocycles. The summed E-state index contributed by atoms with van der Waals surface area (Å²) in [5, 5.41) is 0. The molecular formula is C14H18FN3. The Balaban J connectivity index is 0.00000180. The van der Waals surface area contributed by atoms with Gasteiger partial charge in [-0.3, -0.25) is 0 Å². The lowest BCUT2D eigenvalue weighted by Crippen LogP contribution is -2.01. The molecule has 1 aromatic heterocycles. The maximum absolute atomic E-state index is 13.7. The van der Waals surface area contributed by atoms with Gasteiger partial charge < -0.3 is 5.73 Å². The minimum Gasteiger partial charge on any atom is -0.368 e. The first-order valence-electron chi connectivity index (χ1n) is 5.94. The Labute approximate surface area is 107 Å². The van der Waals surface area contributed by atoms with Crippen molar-refractivity contribution in [2.75, 3.05) is 5.73 Å². The van der Waals surface area contributed by atoms with Crippen LogP contribution in [0.3, 0.4) is 0 Å². The molecule has 0 radical (unpaired) electrons. The predicted octanol–water partition coefficient (Wildman–Crippen LogP) is 3.37. The minimum absolute atomic E-state index is 0. The van der Waals surface area contributed by atoms with Crippen molar-refractivity contribution in [3.63, 3.8) is 0 Å². The molecule has 1 aromatic rings. The molecule has 4 heteroatoms. The summed E-state index contributed by atoms with van der Waals surface area (Å²) in [5.74, 6) is 0.165. The average molecular weight is 247 g/mol. The Kier molecular flexibility index (Phi) is 3.55. The highest BCUT2D eigenvalue weighted by Gasteiger charge is 2.24. The molecule has 0 aromatic carbocycles. The fourth-order valence-electron chi connectivity index (χ4n) is 1.81.